The number of halogens is 2. The van der Waals surface area contributed by atoms with E-state index >= 15 is 0 Å². The second-order valence-corrected chi connectivity index (χ2v) is 5.74. The summed E-state index contributed by atoms with van der Waals surface area (Å²) in [6.07, 6.45) is -0.388. The first-order chi connectivity index (χ1) is 11.5. The monoisotopic (exact) mass is 333 g/mol. The van der Waals surface area contributed by atoms with Crippen molar-refractivity contribution in [3.63, 3.8) is 0 Å². The van der Waals surface area contributed by atoms with Crippen LogP contribution < -0.4 is 4.74 Å². The van der Waals surface area contributed by atoms with Gasteiger partial charge >= 0.3 is 0 Å². The Hall–Kier alpha value is -2.47. The highest BCUT2D eigenvalue weighted by molar-refractivity contribution is 5.95. The SMILES string of the molecule is COc1cccc(C(=O)N2C[C@@H](O)C[C@@H]2c2ccc(F)cc2)c1F. The minimum Gasteiger partial charge on any atom is -0.494 e. The summed E-state index contributed by atoms with van der Waals surface area (Å²) in [4.78, 5) is 14.2. The fourth-order valence-electron chi connectivity index (χ4n) is 3.03. The summed E-state index contributed by atoms with van der Waals surface area (Å²) in [5, 5.41) is 9.97. The number of amides is 1. The molecule has 1 aliphatic heterocycles. The largest absolute Gasteiger partial charge is 0.494 e. The summed E-state index contributed by atoms with van der Waals surface area (Å²) in [6.45, 7) is 0.0948. The molecule has 1 N–H and O–H groups in total. The van der Waals surface area contributed by atoms with Crippen molar-refractivity contribution < 1.29 is 23.4 Å². The van der Waals surface area contributed by atoms with E-state index in [9.17, 15) is 18.7 Å². The molecule has 3 rings (SSSR count). The molecule has 0 aliphatic carbocycles. The topological polar surface area (TPSA) is 49.8 Å². The Kier molecular flexibility index (Phi) is 4.49. The normalized spacial score (nSPS) is 20.2. The number of aliphatic hydroxyl groups is 1. The number of β-amino-alcohol motifs (C(OH)–C–C–N with tert-alkyl or cyclic N) is 1. The van der Waals surface area contributed by atoms with Gasteiger partial charge in [0, 0.05) is 6.54 Å². The maximum Gasteiger partial charge on any atom is 0.257 e. The van der Waals surface area contributed by atoms with Gasteiger partial charge in [0.05, 0.1) is 24.8 Å². The zero-order valence-corrected chi connectivity index (χ0v) is 13.1. The molecular formula is C18H17F2NO3. The van der Waals surface area contributed by atoms with Gasteiger partial charge in [-0.05, 0) is 36.2 Å². The van der Waals surface area contributed by atoms with E-state index in [1.807, 2.05) is 0 Å². The molecule has 2 aromatic rings. The summed E-state index contributed by atoms with van der Waals surface area (Å²) in [6, 6.07) is 9.66. The number of likely N-dealkylation sites (tertiary alicyclic amines) is 1. The third-order valence-electron chi connectivity index (χ3n) is 4.21. The molecule has 1 saturated heterocycles. The lowest BCUT2D eigenvalue weighted by Gasteiger charge is -2.25. The molecule has 2 aromatic carbocycles. The molecule has 0 bridgehead atoms. The van der Waals surface area contributed by atoms with Gasteiger partial charge in [0.1, 0.15) is 5.82 Å². The number of hydrogen-bond donors (Lipinski definition) is 1. The van der Waals surface area contributed by atoms with Gasteiger partial charge in [-0.1, -0.05) is 18.2 Å². The van der Waals surface area contributed by atoms with Gasteiger partial charge < -0.3 is 14.7 Å². The fourth-order valence-corrected chi connectivity index (χ4v) is 3.03. The van der Waals surface area contributed by atoms with Gasteiger partial charge in [0.25, 0.3) is 5.91 Å². The van der Waals surface area contributed by atoms with E-state index in [0.717, 1.165) is 0 Å². The molecule has 0 unspecified atom stereocenters. The summed E-state index contributed by atoms with van der Waals surface area (Å²) in [7, 11) is 1.33. The van der Waals surface area contributed by atoms with E-state index in [1.54, 1.807) is 12.1 Å². The molecule has 1 fully saturated rings. The van der Waals surface area contributed by atoms with Crippen LogP contribution in [0.5, 0.6) is 5.75 Å². The number of nitrogens with zero attached hydrogens (tertiary/aromatic N) is 1. The molecule has 2 atom stereocenters. The number of benzene rings is 2. The van der Waals surface area contributed by atoms with Crippen molar-refractivity contribution in [1.29, 1.82) is 0 Å². The van der Waals surface area contributed by atoms with Crippen LogP contribution in [0.2, 0.25) is 0 Å². The van der Waals surface area contributed by atoms with Crippen molar-refractivity contribution in [3.05, 3.63) is 65.2 Å². The molecule has 0 aromatic heterocycles. The number of ether oxygens (including phenoxy) is 1. The van der Waals surface area contributed by atoms with Gasteiger partial charge in [-0.15, -0.1) is 0 Å². The predicted molar refractivity (Wildman–Crippen MR) is 83.8 cm³/mol. The van der Waals surface area contributed by atoms with E-state index < -0.39 is 23.9 Å². The maximum absolute atomic E-state index is 14.4. The quantitative estimate of drug-likeness (QED) is 0.940. The molecule has 1 heterocycles. The second kappa shape index (κ2) is 6.57. The van der Waals surface area contributed by atoms with Gasteiger partial charge in [0.2, 0.25) is 0 Å². The predicted octanol–water partition coefficient (Wildman–Crippen LogP) is 2.92. The molecular weight excluding hydrogens is 316 g/mol. The Morgan fingerprint density at radius 2 is 1.92 bits per heavy atom. The molecule has 24 heavy (non-hydrogen) atoms. The molecule has 126 valence electrons. The molecule has 6 heteroatoms. The van der Waals surface area contributed by atoms with Crippen molar-refractivity contribution in [2.24, 2.45) is 0 Å². The van der Waals surface area contributed by atoms with Crippen molar-refractivity contribution in [1.82, 2.24) is 4.90 Å². The minimum absolute atomic E-state index is 0.0149. The lowest BCUT2D eigenvalue weighted by Crippen LogP contribution is -2.32. The lowest BCUT2D eigenvalue weighted by atomic mass is 10.0. The van der Waals surface area contributed by atoms with Gasteiger partial charge in [0.15, 0.2) is 11.6 Å². The number of carbonyl (C=O) groups is 1. The number of aliphatic hydroxyl groups excluding tert-OH is 1. The van der Waals surface area contributed by atoms with E-state index in [0.29, 0.717) is 12.0 Å². The molecule has 0 saturated carbocycles. The smallest absolute Gasteiger partial charge is 0.257 e. The maximum atomic E-state index is 14.4. The number of carbonyl (C=O) groups excluding carboxylic acids is 1. The van der Waals surface area contributed by atoms with Gasteiger partial charge in [-0.3, -0.25) is 4.79 Å². The number of hydrogen-bond acceptors (Lipinski definition) is 3. The highest BCUT2D eigenvalue weighted by atomic mass is 19.1. The Morgan fingerprint density at radius 3 is 2.58 bits per heavy atom. The van der Waals surface area contributed by atoms with E-state index in [4.69, 9.17) is 4.74 Å². The molecule has 1 aliphatic rings. The van der Waals surface area contributed by atoms with E-state index in [1.165, 1.54) is 42.3 Å². The van der Waals surface area contributed by atoms with Crippen LogP contribution in [0.3, 0.4) is 0 Å². The highest BCUT2D eigenvalue weighted by Gasteiger charge is 2.36. The Balaban J connectivity index is 1.94. The average molecular weight is 333 g/mol. The Bertz CT molecular complexity index is 748. The Labute approximate surface area is 138 Å². The Morgan fingerprint density at radius 1 is 1.21 bits per heavy atom. The number of rotatable bonds is 3. The fraction of sp³-hybridized carbons (Fsp3) is 0.278. The summed E-state index contributed by atoms with van der Waals surface area (Å²) in [5.41, 5.74) is 0.583. The first-order valence-corrected chi connectivity index (χ1v) is 7.58. The standard InChI is InChI=1S/C18H17F2NO3/c1-24-16-4-2-3-14(17(16)20)18(23)21-10-13(22)9-15(21)11-5-7-12(19)8-6-11/h2-8,13,15,22H,9-10H2,1H3/t13-,15+/m0/s1. The van der Waals surface area contributed by atoms with Gasteiger partial charge in [-0.2, -0.15) is 0 Å². The molecule has 1 amide bonds. The van der Waals surface area contributed by atoms with E-state index in [2.05, 4.69) is 0 Å². The summed E-state index contributed by atoms with van der Waals surface area (Å²) >= 11 is 0. The summed E-state index contributed by atoms with van der Waals surface area (Å²) < 4.78 is 32.4. The van der Waals surface area contributed by atoms with Crippen molar-refractivity contribution >= 4 is 5.91 Å². The van der Waals surface area contributed by atoms with Crippen LogP contribution in [0, 0.1) is 11.6 Å². The first-order valence-electron chi connectivity index (χ1n) is 7.58. The van der Waals surface area contributed by atoms with Crippen molar-refractivity contribution in [3.8, 4) is 5.75 Å². The van der Waals surface area contributed by atoms with Crippen LogP contribution >= 0.6 is 0 Å². The van der Waals surface area contributed by atoms with Crippen LogP contribution in [-0.4, -0.2) is 35.7 Å². The average Bonchev–Trinajstić information content (AvgIpc) is 2.97. The molecule has 4 nitrogen and oxygen atoms in total. The van der Waals surface area contributed by atoms with Crippen LogP contribution in [0.15, 0.2) is 42.5 Å². The van der Waals surface area contributed by atoms with Gasteiger partial charge in [-0.25, -0.2) is 8.78 Å². The summed E-state index contributed by atoms with van der Waals surface area (Å²) in [5.74, 6) is -1.66. The van der Waals surface area contributed by atoms with E-state index in [-0.39, 0.29) is 23.7 Å². The van der Waals surface area contributed by atoms with Crippen LogP contribution in [0.25, 0.3) is 0 Å². The minimum atomic E-state index is -0.732. The first kappa shape index (κ1) is 16.4. The van der Waals surface area contributed by atoms with Crippen LogP contribution in [0.1, 0.15) is 28.4 Å². The zero-order valence-electron chi connectivity index (χ0n) is 13.1. The molecule has 0 spiro atoms. The van der Waals surface area contributed by atoms with Crippen LogP contribution in [-0.2, 0) is 0 Å². The number of methoxy groups -OCH3 is 1. The highest BCUT2D eigenvalue weighted by Crippen LogP contribution is 2.34. The third-order valence-corrected chi connectivity index (χ3v) is 4.21. The molecule has 0 radical (unpaired) electrons. The lowest BCUT2D eigenvalue weighted by molar-refractivity contribution is 0.0710. The third kappa shape index (κ3) is 2.97. The zero-order chi connectivity index (χ0) is 17.3. The van der Waals surface area contributed by atoms with Crippen molar-refractivity contribution in [2.45, 2.75) is 18.6 Å². The second-order valence-electron chi connectivity index (χ2n) is 5.74. The van der Waals surface area contributed by atoms with Crippen molar-refractivity contribution in [2.75, 3.05) is 13.7 Å². The van der Waals surface area contributed by atoms with Crippen LogP contribution in [0.4, 0.5) is 8.78 Å².